The molecule has 0 aliphatic carbocycles. The predicted molar refractivity (Wildman–Crippen MR) is 72.8 cm³/mol. The van der Waals surface area contributed by atoms with Gasteiger partial charge in [0.1, 0.15) is 5.01 Å². The molecule has 0 saturated heterocycles. The molecule has 0 fully saturated rings. The Balaban J connectivity index is 2.43. The molecule has 98 valence electrons. The highest BCUT2D eigenvalue weighted by molar-refractivity contribution is 7.15. The van der Waals surface area contributed by atoms with Crippen molar-refractivity contribution in [1.82, 2.24) is 10.2 Å². The van der Waals surface area contributed by atoms with Gasteiger partial charge in [-0.05, 0) is 11.8 Å². The van der Waals surface area contributed by atoms with Crippen molar-refractivity contribution in [2.75, 3.05) is 25.6 Å². The number of hydrogen-bond acceptors (Lipinski definition) is 5. The number of anilines is 1. The van der Waals surface area contributed by atoms with Crippen molar-refractivity contribution in [3.8, 4) is 0 Å². The molecule has 0 aromatic carbocycles. The van der Waals surface area contributed by atoms with E-state index in [-0.39, 0.29) is 5.41 Å². The lowest BCUT2D eigenvalue weighted by atomic mass is 9.90. The summed E-state index contributed by atoms with van der Waals surface area (Å²) in [5, 5.41) is 13.7. The highest BCUT2D eigenvalue weighted by atomic mass is 32.1. The lowest BCUT2D eigenvalue weighted by molar-refractivity contribution is 0.157. The summed E-state index contributed by atoms with van der Waals surface area (Å²) in [6.07, 6.45) is 1.03. The first-order valence-corrected chi connectivity index (χ1v) is 6.82. The maximum absolute atomic E-state index is 5.11. The van der Waals surface area contributed by atoms with Gasteiger partial charge in [-0.1, -0.05) is 39.0 Å². The number of nitrogens with one attached hydrogen (secondary N) is 1. The smallest absolute Gasteiger partial charge is 0.205 e. The molecule has 0 unspecified atom stereocenters. The van der Waals surface area contributed by atoms with Crippen LogP contribution >= 0.6 is 11.3 Å². The van der Waals surface area contributed by atoms with Crippen molar-refractivity contribution in [3.05, 3.63) is 5.01 Å². The van der Waals surface area contributed by atoms with E-state index in [1.54, 1.807) is 18.4 Å². The summed E-state index contributed by atoms with van der Waals surface area (Å²) in [4.78, 5) is 0. The summed E-state index contributed by atoms with van der Waals surface area (Å²) in [5.74, 6) is 0.449. The summed E-state index contributed by atoms with van der Waals surface area (Å²) >= 11 is 1.64. The fourth-order valence-corrected chi connectivity index (χ4v) is 2.06. The number of ether oxygens (including phenoxy) is 1. The van der Waals surface area contributed by atoms with Crippen LogP contribution in [0.3, 0.4) is 0 Å². The Labute approximate surface area is 108 Å². The van der Waals surface area contributed by atoms with Gasteiger partial charge in [-0.15, -0.1) is 10.2 Å². The number of rotatable bonds is 7. The second-order valence-corrected chi connectivity index (χ2v) is 6.37. The Morgan fingerprint density at radius 3 is 2.59 bits per heavy atom. The maximum atomic E-state index is 5.11. The molecule has 0 spiro atoms. The van der Waals surface area contributed by atoms with E-state index < -0.39 is 0 Å². The first-order valence-electron chi connectivity index (χ1n) is 6.01. The van der Waals surface area contributed by atoms with Gasteiger partial charge in [-0.3, -0.25) is 0 Å². The third kappa shape index (κ3) is 5.00. The summed E-state index contributed by atoms with van der Waals surface area (Å²) in [6, 6.07) is 0. The van der Waals surface area contributed by atoms with E-state index in [9.17, 15) is 0 Å². The van der Waals surface area contributed by atoms with E-state index in [4.69, 9.17) is 4.74 Å². The highest BCUT2D eigenvalue weighted by Crippen LogP contribution is 2.25. The lowest BCUT2D eigenvalue weighted by Crippen LogP contribution is -2.24. The van der Waals surface area contributed by atoms with Crippen LogP contribution in [0.2, 0.25) is 0 Å². The molecule has 1 aromatic heterocycles. The van der Waals surface area contributed by atoms with Gasteiger partial charge in [0.15, 0.2) is 0 Å². The highest BCUT2D eigenvalue weighted by Gasteiger charge is 2.18. The molecular formula is C12H23N3OS. The van der Waals surface area contributed by atoms with E-state index in [0.29, 0.717) is 5.92 Å². The van der Waals surface area contributed by atoms with Crippen LogP contribution in [0.4, 0.5) is 5.13 Å². The molecule has 0 aliphatic rings. The normalized spacial score (nSPS) is 12.1. The van der Waals surface area contributed by atoms with E-state index in [0.717, 1.165) is 29.7 Å². The summed E-state index contributed by atoms with van der Waals surface area (Å²) < 4.78 is 5.11. The average molecular weight is 257 g/mol. The molecule has 5 heteroatoms. The van der Waals surface area contributed by atoms with Gasteiger partial charge < -0.3 is 10.1 Å². The number of hydrogen-bond donors (Lipinski definition) is 1. The molecule has 1 rings (SSSR count). The molecule has 0 bridgehead atoms. The van der Waals surface area contributed by atoms with Crippen LogP contribution in [0, 0.1) is 5.41 Å². The summed E-state index contributed by atoms with van der Waals surface area (Å²) in [6.45, 7) is 10.4. The van der Waals surface area contributed by atoms with Crippen molar-refractivity contribution >= 4 is 16.5 Å². The van der Waals surface area contributed by atoms with Crippen LogP contribution in [0.1, 0.15) is 45.0 Å². The first-order chi connectivity index (χ1) is 7.94. The van der Waals surface area contributed by atoms with Crippen LogP contribution in [-0.2, 0) is 4.74 Å². The zero-order valence-electron chi connectivity index (χ0n) is 11.4. The monoisotopic (exact) mass is 257 g/mol. The Morgan fingerprint density at radius 2 is 2.06 bits per heavy atom. The molecule has 1 heterocycles. The second-order valence-electron chi connectivity index (χ2n) is 5.36. The van der Waals surface area contributed by atoms with E-state index in [1.165, 1.54) is 0 Å². The SMILES string of the molecule is COCCC(C)(C)CNc1nnc(C(C)C)s1. The van der Waals surface area contributed by atoms with Crippen LogP contribution in [0.25, 0.3) is 0 Å². The van der Waals surface area contributed by atoms with Gasteiger partial charge in [0.05, 0.1) is 0 Å². The summed E-state index contributed by atoms with van der Waals surface area (Å²) in [5.41, 5.74) is 0.208. The van der Waals surface area contributed by atoms with Gasteiger partial charge in [0, 0.05) is 26.2 Å². The molecule has 17 heavy (non-hydrogen) atoms. The molecule has 0 radical (unpaired) electrons. The molecule has 1 N–H and O–H groups in total. The number of nitrogens with zero attached hydrogens (tertiary/aromatic N) is 2. The molecule has 1 aromatic rings. The lowest BCUT2D eigenvalue weighted by Gasteiger charge is -2.24. The average Bonchev–Trinajstić information content (AvgIpc) is 2.73. The number of methoxy groups -OCH3 is 1. The van der Waals surface area contributed by atoms with Crippen molar-refractivity contribution in [2.24, 2.45) is 5.41 Å². The minimum atomic E-state index is 0.208. The third-order valence-electron chi connectivity index (χ3n) is 2.64. The minimum absolute atomic E-state index is 0.208. The van der Waals surface area contributed by atoms with Gasteiger partial charge in [-0.25, -0.2) is 0 Å². The van der Waals surface area contributed by atoms with E-state index >= 15 is 0 Å². The second kappa shape index (κ2) is 6.31. The zero-order chi connectivity index (χ0) is 12.9. The van der Waals surface area contributed by atoms with E-state index in [1.807, 2.05) is 0 Å². The molecule has 4 nitrogen and oxygen atoms in total. The van der Waals surface area contributed by atoms with Gasteiger partial charge in [0.25, 0.3) is 0 Å². The van der Waals surface area contributed by atoms with Gasteiger partial charge in [0.2, 0.25) is 5.13 Å². The molecule has 0 amide bonds. The van der Waals surface area contributed by atoms with Crippen LogP contribution in [0.15, 0.2) is 0 Å². The van der Waals surface area contributed by atoms with Crippen molar-refractivity contribution in [1.29, 1.82) is 0 Å². The van der Waals surface area contributed by atoms with Gasteiger partial charge in [-0.2, -0.15) is 0 Å². The topological polar surface area (TPSA) is 47.0 Å². The fraction of sp³-hybridized carbons (Fsp3) is 0.833. The quantitative estimate of drug-likeness (QED) is 0.815. The Kier molecular flexibility index (Phi) is 5.33. The largest absolute Gasteiger partial charge is 0.385 e. The van der Waals surface area contributed by atoms with Crippen LogP contribution < -0.4 is 5.32 Å². The Bertz CT molecular complexity index is 336. The van der Waals surface area contributed by atoms with Gasteiger partial charge >= 0.3 is 0 Å². The molecule has 0 saturated carbocycles. The molecule has 0 aliphatic heterocycles. The minimum Gasteiger partial charge on any atom is -0.385 e. The third-order valence-corrected chi connectivity index (χ3v) is 3.82. The maximum Gasteiger partial charge on any atom is 0.205 e. The van der Waals surface area contributed by atoms with Crippen molar-refractivity contribution < 1.29 is 4.74 Å². The van der Waals surface area contributed by atoms with Crippen LogP contribution in [0.5, 0.6) is 0 Å². The van der Waals surface area contributed by atoms with E-state index in [2.05, 4.69) is 43.2 Å². The Morgan fingerprint density at radius 1 is 1.35 bits per heavy atom. The van der Waals surface area contributed by atoms with Crippen molar-refractivity contribution in [2.45, 2.75) is 40.0 Å². The standard InChI is InChI=1S/C12H23N3OS/c1-9(2)10-14-15-11(17-10)13-8-12(3,4)6-7-16-5/h9H,6-8H2,1-5H3,(H,13,15). The number of aromatic nitrogens is 2. The summed E-state index contributed by atoms with van der Waals surface area (Å²) in [7, 11) is 1.74. The zero-order valence-corrected chi connectivity index (χ0v) is 12.2. The van der Waals surface area contributed by atoms with Crippen molar-refractivity contribution in [3.63, 3.8) is 0 Å². The van der Waals surface area contributed by atoms with Crippen LogP contribution in [-0.4, -0.2) is 30.5 Å². The predicted octanol–water partition coefficient (Wildman–Crippen LogP) is 3.14. The molecule has 0 atom stereocenters. The fourth-order valence-electron chi connectivity index (χ4n) is 1.32. The Hall–Kier alpha value is -0.680. The first kappa shape index (κ1) is 14.4. The molecular weight excluding hydrogens is 234 g/mol.